The van der Waals surface area contributed by atoms with Crippen LogP contribution in [-0.4, -0.2) is 20.9 Å². The summed E-state index contributed by atoms with van der Waals surface area (Å²) >= 11 is 0. The summed E-state index contributed by atoms with van der Waals surface area (Å²) in [6.45, 7) is 6.21. The van der Waals surface area contributed by atoms with Gasteiger partial charge in [-0.2, -0.15) is 0 Å². The molecule has 0 saturated heterocycles. The van der Waals surface area contributed by atoms with E-state index in [0.717, 1.165) is 0 Å². The molecule has 1 N–H and O–H groups in total. The molecule has 1 aromatic carbocycles. The predicted molar refractivity (Wildman–Crippen MR) is 58.0 cm³/mol. The van der Waals surface area contributed by atoms with Gasteiger partial charge in [-0.3, -0.25) is 0 Å². The Hall–Kier alpha value is -1.15. The summed E-state index contributed by atoms with van der Waals surface area (Å²) in [7, 11) is 3.75. The zero-order chi connectivity index (χ0) is 10.7. The van der Waals surface area contributed by atoms with Crippen molar-refractivity contribution in [3.05, 3.63) is 35.4 Å². The van der Waals surface area contributed by atoms with E-state index in [9.17, 15) is 0 Å². The van der Waals surface area contributed by atoms with Crippen molar-refractivity contribution in [2.45, 2.75) is 13.8 Å². The molecular weight excluding hydrogens is 162 g/mol. The molecule has 13 heavy (non-hydrogen) atoms. The third-order valence-corrected chi connectivity index (χ3v) is 1.17. The summed E-state index contributed by atoms with van der Waals surface area (Å²) < 4.78 is 0. The molecule has 0 unspecified atom stereocenters. The fourth-order valence-electron chi connectivity index (χ4n) is 0.807. The van der Waals surface area contributed by atoms with Crippen LogP contribution in [0.25, 0.3) is 0 Å². The zero-order valence-corrected chi connectivity index (χ0v) is 8.92. The van der Waals surface area contributed by atoms with Crippen LogP contribution in [0.1, 0.15) is 11.1 Å². The topological polar surface area (TPSA) is 29.1 Å². The van der Waals surface area contributed by atoms with Crippen molar-refractivity contribution in [1.29, 1.82) is 0 Å². The molecule has 0 spiro atoms. The Labute approximate surface area is 81.0 Å². The second kappa shape index (κ2) is 10.8. The second-order valence-corrected chi connectivity index (χ2v) is 2.66. The van der Waals surface area contributed by atoms with Gasteiger partial charge in [0.05, 0.1) is 0 Å². The average Bonchev–Trinajstić information content (AvgIpc) is 2.08. The van der Waals surface area contributed by atoms with Gasteiger partial charge in [0.15, 0.2) is 0 Å². The highest BCUT2D eigenvalue weighted by atomic mass is 16.1. The highest BCUT2D eigenvalue weighted by molar-refractivity contribution is 5.20. The van der Waals surface area contributed by atoms with Crippen LogP contribution in [0.4, 0.5) is 0 Å². The number of benzene rings is 1. The van der Waals surface area contributed by atoms with Gasteiger partial charge in [-0.25, -0.2) is 0 Å². The number of rotatable bonds is 0. The van der Waals surface area contributed by atoms with Gasteiger partial charge in [-0.1, -0.05) is 35.4 Å². The van der Waals surface area contributed by atoms with Gasteiger partial charge in [0.2, 0.25) is 0 Å². The third-order valence-electron chi connectivity index (χ3n) is 1.17. The molecular formula is C11H19NO. The first-order valence-electron chi connectivity index (χ1n) is 4.11. The van der Waals surface area contributed by atoms with Crippen molar-refractivity contribution in [2.24, 2.45) is 0 Å². The van der Waals surface area contributed by atoms with Crippen molar-refractivity contribution < 1.29 is 4.79 Å². The molecule has 0 aromatic heterocycles. The minimum Gasteiger partial charge on any atom is -0.323 e. The summed E-state index contributed by atoms with van der Waals surface area (Å²) in [5.74, 6) is 0. The highest BCUT2D eigenvalue weighted by Crippen LogP contribution is 2.00. The van der Waals surface area contributed by atoms with Gasteiger partial charge in [-0.05, 0) is 27.9 Å². The number of carbonyl (C=O) groups excluding carboxylic acids is 1. The van der Waals surface area contributed by atoms with Crippen LogP contribution in [0.2, 0.25) is 0 Å². The van der Waals surface area contributed by atoms with Crippen LogP contribution < -0.4 is 5.32 Å². The molecule has 0 heterocycles. The van der Waals surface area contributed by atoms with Crippen LogP contribution >= 0.6 is 0 Å². The lowest BCUT2D eigenvalue weighted by molar-refractivity contribution is -0.0979. The zero-order valence-electron chi connectivity index (χ0n) is 8.92. The summed E-state index contributed by atoms with van der Waals surface area (Å²) in [5, 5.41) is 2.75. The lowest BCUT2D eigenvalue weighted by atomic mass is 10.2. The van der Waals surface area contributed by atoms with E-state index in [0.29, 0.717) is 0 Å². The monoisotopic (exact) mass is 181 g/mol. The molecule has 0 aliphatic heterocycles. The molecule has 0 radical (unpaired) electrons. The maximum Gasteiger partial charge on any atom is 0.106 e. The molecule has 74 valence electrons. The van der Waals surface area contributed by atoms with Crippen LogP contribution in [0.5, 0.6) is 0 Å². The molecule has 1 rings (SSSR count). The number of carbonyl (C=O) groups is 1. The smallest absolute Gasteiger partial charge is 0.106 e. The van der Waals surface area contributed by atoms with Gasteiger partial charge in [0, 0.05) is 0 Å². The lowest BCUT2D eigenvalue weighted by Gasteiger charge is -1.90. The first-order chi connectivity index (χ1) is 6.20. The van der Waals surface area contributed by atoms with Crippen molar-refractivity contribution in [3.8, 4) is 0 Å². The number of nitrogens with one attached hydrogen (secondary N) is 1. The molecule has 0 amide bonds. The molecule has 0 aliphatic carbocycles. The molecule has 2 nitrogen and oxygen atoms in total. The van der Waals surface area contributed by atoms with E-state index in [4.69, 9.17) is 4.79 Å². The normalized spacial score (nSPS) is 7.38. The van der Waals surface area contributed by atoms with E-state index in [1.165, 1.54) is 11.1 Å². The first-order valence-corrected chi connectivity index (χ1v) is 4.11. The van der Waals surface area contributed by atoms with E-state index >= 15 is 0 Å². The maximum absolute atomic E-state index is 8.00. The second-order valence-electron chi connectivity index (χ2n) is 2.66. The van der Waals surface area contributed by atoms with Crippen molar-refractivity contribution >= 4 is 6.79 Å². The van der Waals surface area contributed by atoms with Gasteiger partial charge in [0.1, 0.15) is 6.79 Å². The minimum atomic E-state index is 1.34. The fraction of sp³-hybridized carbons (Fsp3) is 0.364. The third kappa shape index (κ3) is 10.8. The van der Waals surface area contributed by atoms with Crippen molar-refractivity contribution in [3.63, 3.8) is 0 Å². The Kier molecular flexibility index (Phi) is 12.0. The predicted octanol–water partition coefficient (Wildman–Crippen LogP) is 1.95. The number of hydrogen-bond donors (Lipinski definition) is 1. The summed E-state index contributed by atoms with van der Waals surface area (Å²) in [6, 6.07) is 8.45. The number of aryl methyl sites for hydroxylation is 2. The molecule has 2 heteroatoms. The molecule has 0 fully saturated rings. The molecule has 0 saturated carbocycles. The SMILES string of the molecule is C=O.CNC.Cc1cccc(C)c1. The minimum absolute atomic E-state index is 1.34. The van der Waals surface area contributed by atoms with Crippen LogP contribution in [0, 0.1) is 13.8 Å². The summed E-state index contributed by atoms with van der Waals surface area (Å²) in [4.78, 5) is 8.00. The highest BCUT2D eigenvalue weighted by Gasteiger charge is 1.80. The summed E-state index contributed by atoms with van der Waals surface area (Å²) in [5.41, 5.74) is 2.68. The van der Waals surface area contributed by atoms with Crippen LogP contribution in [-0.2, 0) is 4.79 Å². The standard InChI is InChI=1S/C8H10.C2H7N.CH2O/c1-7-4-3-5-8(2)6-7;1-3-2;1-2/h3-6H,1-2H3;3H,1-2H3;1H2. The van der Waals surface area contributed by atoms with E-state index in [1.54, 1.807) is 0 Å². The Bertz CT molecular complexity index is 194. The quantitative estimate of drug-likeness (QED) is 0.663. The Balaban J connectivity index is 0. The Morgan fingerprint density at radius 2 is 1.38 bits per heavy atom. The molecule has 0 atom stereocenters. The largest absolute Gasteiger partial charge is 0.323 e. The Morgan fingerprint density at radius 3 is 1.54 bits per heavy atom. The molecule has 0 bridgehead atoms. The van der Waals surface area contributed by atoms with Gasteiger partial charge >= 0.3 is 0 Å². The van der Waals surface area contributed by atoms with E-state index < -0.39 is 0 Å². The number of hydrogen-bond acceptors (Lipinski definition) is 2. The van der Waals surface area contributed by atoms with Gasteiger partial charge in [-0.15, -0.1) is 0 Å². The summed E-state index contributed by atoms with van der Waals surface area (Å²) in [6.07, 6.45) is 0. The van der Waals surface area contributed by atoms with Gasteiger partial charge < -0.3 is 10.1 Å². The molecule has 0 aliphatic rings. The maximum atomic E-state index is 8.00. The average molecular weight is 181 g/mol. The Morgan fingerprint density at radius 1 is 1.08 bits per heavy atom. The van der Waals surface area contributed by atoms with E-state index in [-0.39, 0.29) is 0 Å². The van der Waals surface area contributed by atoms with E-state index in [2.05, 4.69) is 43.4 Å². The van der Waals surface area contributed by atoms with Crippen molar-refractivity contribution in [2.75, 3.05) is 14.1 Å². The fourth-order valence-corrected chi connectivity index (χ4v) is 0.807. The van der Waals surface area contributed by atoms with Gasteiger partial charge in [0.25, 0.3) is 0 Å². The van der Waals surface area contributed by atoms with Crippen LogP contribution in [0.3, 0.4) is 0 Å². The lowest BCUT2D eigenvalue weighted by Crippen LogP contribution is -1.89. The van der Waals surface area contributed by atoms with Crippen LogP contribution in [0.15, 0.2) is 24.3 Å². The van der Waals surface area contributed by atoms with Crippen molar-refractivity contribution in [1.82, 2.24) is 5.32 Å². The van der Waals surface area contributed by atoms with E-state index in [1.807, 2.05) is 20.9 Å². The first kappa shape index (κ1) is 14.4. The molecule has 1 aromatic rings.